The Morgan fingerprint density at radius 3 is 2.44 bits per heavy atom. The van der Waals surface area contributed by atoms with Crippen molar-refractivity contribution in [3.05, 3.63) is 81.4 Å². The van der Waals surface area contributed by atoms with Crippen LogP contribution in [0, 0.1) is 24.0 Å². The van der Waals surface area contributed by atoms with Gasteiger partial charge in [-0.05, 0) is 25.5 Å². The molecule has 3 aromatic rings. The Labute approximate surface area is 155 Å². The van der Waals surface area contributed by atoms with Crippen molar-refractivity contribution in [3.63, 3.8) is 0 Å². The molecule has 0 radical (unpaired) electrons. The minimum absolute atomic E-state index is 0.201. The van der Waals surface area contributed by atoms with Crippen LogP contribution in [0.5, 0.6) is 0 Å². The third-order valence-electron chi connectivity index (χ3n) is 3.97. The number of nitrogens with zero attached hydrogens (tertiary/aromatic N) is 3. The van der Waals surface area contributed by atoms with Crippen molar-refractivity contribution in [2.75, 3.05) is 0 Å². The Morgan fingerprint density at radius 1 is 1.15 bits per heavy atom. The number of rotatable bonds is 6. The van der Waals surface area contributed by atoms with E-state index < -0.39 is 21.0 Å². The highest BCUT2D eigenvalue weighted by Crippen LogP contribution is 2.25. The smallest absolute Gasteiger partial charge is 0.263 e. The molecule has 0 bridgehead atoms. The largest absolute Gasteiger partial charge is 0.273 e. The zero-order valence-corrected chi connectivity index (χ0v) is 15.4. The molecule has 0 amide bonds. The molecule has 140 valence electrons. The lowest BCUT2D eigenvalue weighted by Crippen LogP contribution is -2.30. The van der Waals surface area contributed by atoms with Crippen LogP contribution < -0.4 is 4.72 Å². The average Bonchev–Trinajstić information content (AvgIpc) is 3.06. The van der Waals surface area contributed by atoms with Crippen LogP contribution in [0.15, 0.2) is 53.4 Å². The van der Waals surface area contributed by atoms with Crippen molar-refractivity contribution in [2.45, 2.75) is 24.8 Å². The topological polar surface area (TPSA) is 131 Å². The van der Waals surface area contributed by atoms with Gasteiger partial charge in [0.15, 0.2) is 5.82 Å². The number of aromatic nitrogens is 3. The molecule has 0 spiro atoms. The summed E-state index contributed by atoms with van der Waals surface area (Å²) in [5.41, 5.74) is 0.757. The van der Waals surface area contributed by atoms with Crippen molar-refractivity contribution >= 4 is 15.7 Å². The van der Waals surface area contributed by atoms with Crippen LogP contribution in [0.2, 0.25) is 0 Å². The van der Waals surface area contributed by atoms with Crippen LogP contribution >= 0.6 is 0 Å². The molecule has 2 N–H and O–H groups in total. The molecule has 0 fully saturated rings. The lowest BCUT2D eigenvalue weighted by molar-refractivity contribution is -0.385. The van der Waals surface area contributed by atoms with Crippen molar-refractivity contribution in [3.8, 4) is 0 Å². The number of aromatic amines is 1. The summed E-state index contributed by atoms with van der Waals surface area (Å²) in [6.45, 7) is 3.25. The van der Waals surface area contributed by atoms with E-state index in [1.807, 2.05) is 6.07 Å². The monoisotopic (exact) mass is 387 g/mol. The van der Waals surface area contributed by atoms with Gasteiger partial charge in [-0.25, -0.2) is 13.4 Å². The first kappa shape index (κ1) is 18.7. The number of nitro benzene ring substituents is 1. The molecule has 10 heteroatoms. The number of H-pyrrole nitrogens is 1. The fraction of sp³-hybridized carbons (Fsp3) is 0.176. The Hall–Kier alpha value is -3.11. The number of sulfonamides is 1. The molecule has 0 saturated heterocycles. The molecule has 27 heavy (non-hydrogen) atoms. The highest BCUT2D eigenvalue weighted by molar-refractivity contribution is 7.89. The second-order valence-electron chi connectivity index (χ2n) is 5.95. The van der Waals surface area contributed by atoms with Crippen LogP contribution in [0.25, 0.3) is 0 Å². The number of benzene rings is 2. The van der Waals surface area contributed by atoms with Gasteiger partial charge >= 0.3 is 0 Å². The Bertz CT molecular complexity index is 1080. The van der Waals surface area contributed by atoms with Gasteiger partial charge in [-0.3, -0.25) is 15.2 Å². The Kier molecular flexibility index (Phi) is 5.02. The number of hydrogen-bond acceptors (Lipinski definition) is 6. The molecule has 0 aliphatic rings. The van der Waals surface area contributed by atoms with Gasteiger partial charge in [-0.1, -0.05) is 36.4 Å². The van der Waals surface area contributed by atoms with E-state index in [-0.39, 0.29) is 16.4 Å². The molecule has 0 aliphatic carbocycles. The highest BCUT2D eigenvalue weighted by atomic mass is 32.2. The Morgan fingerprint density at radius 2 is 1.85 bits per heavy atom. The molecule has 0 unspecified atom stereocenters. The maximum Gasteiger partial charge on any atom is 0.273 e. The molecule has 0 saturated carbocycles. The molecule has 9 nitrogen and oxygen atoms in total. The maximum absolute atomic E-state index is 12.9. The summed E-state index contributed by atoms with van der Waals surface area (Å²) in [5, 5.41) is 17.9. The normalized spacial score (nSPS) is 12.7. The van der Waals surface area contributed by atoms with E-state index in [0.29, 0.717) is 17.0 Å². The second-order valence-corrected chi connectivity index (χ2v) is 7.66. The molecule has 1 aromatic heterocycles. The van der Waals surface area contributed by atoms with Crippen LogP contribution in [0.4, 0.5) is 5.69 Å². The van der Waals surface area contributed by atoms with Crippen molar-refractivity contribution in [1.29, 1.82) is 0 Å². The number of nitrogens with one attached hydrogen (secondary N) is 2. The lowest BCUT2D eigenvalue weighted by Gasteiger charge is -2.16. The van der Waals surface area contributed by atoms with E-state index in [9.17, 15) is 18.5 Å². The minimum Gasteiger partial charge on any atom is -0.263 e. The molecule has 3 rings (SSSR count). The van der Waals surface area contributed by atoms with E-state index in [0.717, 1.165) is 6.07 Å². The van der Waals surface area contributed by atoms with Crippen LogP contribution in [0.3, 0.4) is 0 Å². The molecular formula is C17H17N5O4S. The molecule has 0 aliphatic heterocycles. The van der Waals surface area contributed by atoms with E-state index in [2.05, 4.69) is 19.9 Å². The van der Waals surface area contributed by atoms with E-state index in [1.165, 1.54) is 12.1 Å². The number of hydrogen-bond donors (Lipinski definition) is 2. The van der Waals surface area contributed by atoms with Gasteiger partial charge in [-0.15, -0.1) is 0 Å². The van der Waals surface area contributed by atoms with E-state index in [4.69, 9.17) is 0 Å². The summed E-state index contributed by atoms with van der Waals surface area (Å²) in [6, 6.07) is 11.8. The third kappa shape index (κ3) is 4.01. The standard InChI is InChI=1S/C17H17N5O4S/c1-11-8-9-14(10-15(11)22(23)24)27(25,26)21-16(13-6-4-3-5-7-13)17-18-12(2)19-20-17/h3-10,16,21H,1-2H3,(H,18,19,20)/t16-/m0/s1. The summed E-state index contributed by atoms with van der Waals surface area (Å²) >= 11 is 0. The quantitative estimate of drug-likeness (QED) is 0.493. The molecule has 1 heterocycles. The predicted molar refractivity (Wildman–Crippen MR) is 97.6 cm³/mol. The van der Waals surface area contributed by atoms with Gasteiger partial charge in [0.2, 0.25) is 10.0 Å². The first-order valence-electron chi connectivity index (χ1n) is 7.99. The van der Waals surface area contributed by atoms with Crippen molar-refractivity contribution in [1.82, 2.24) is 19.9 Å². The minimum atomic E-state index is -4.07. The number of aryl methyl sites for hydroxylation is 2. The van der Waals surface area contributed by atoms with Gasteiger partial charge in [0.25, 0.3) is 5.69 Å². The van der Waals surface area contributed by atoms with Gasteiger partial charge in [0.05, 0.1) is 9.82 Å². The van der Waals surface area contributed by atoms with Crippen LogP contribution in [-0.4, -0.2) is 28.5 Å². The van der Waals surface area contributed by atoms with Crippen molar-refractivity contribution in [2.24, 2.45) is 0 Å². The first-order valence-corrected chi connectivity index (χ1v) is 9.47. The van der Waals surface area contributed by atoms with E-state index >= 15 is 0 Å². The third-order valence-corrected chi connectivity index (χ3v) is 5.39. The van der Waals surface area contributed by atoms with Gasteiger partial charge < -0.3 is 0 Å². The number of nitro groups is 1. The first-order chi connectivity index (χ1) is 12.8. The summed E-state index contributed by atoms with van der Waals surface area (Å²) < 4.78 is 28.3. The maximum atomic E-state index is 12.9. The van der Waals surface area contributed by atoms with Gasteiger partial charge in [0, 0.05) is 11.6 Å². The summed E-state index contributed by atoms with van der Waals surface area (Å²) in [6.07, 6.45) is 0. The average molecular weight is 387 g/mol. The zero-order valence-electron chi connectivity index (χ0n) is 14.6. The predicted octanol–water partition coefficient (Wildman–Crippen LogP) is 2.40. The molecular weight excluding hydrogens is 370 g/mol. The lowest BCUT2D eigenvalue weighted by atomic mass is 10.1. The Balaban J connectivity index is 2.03. The van der Waals surface area contributed by atoms with Crippen molar-refractivity contribution < 1.29 is 13.3 Å². The van der Waals surface area contributed by atoms with Crippen LogP contribution in [0.1, 0.15) is 28.8 Å². The van der Waals surface area contributed by atoms with Gasteiger partial charge in [0.1, 0.15) is 11.9 Å². The second kappa shape index (κ2) is 7.25. The van der Waals surface area contributed by atoms with E-state index in [1.54, 1.807) is 38.1 Å². The van der Waals surface area contributed by atoms with Crippen LogP contribution in [-0.2, 0) is 10.0 Å². The summed E-state index contributed by atoms with van der Waals surface area (Å²) in [4.78, 5) is 14.5. The molecule has 2 aromatic carbocycles. The fourth-order valence-corrected chi connectivity index (χ4v) is 3.78. The highest BCUT2D eigenvalue weighted by Gasteiger charge is 2.27. The summed E-state index contributed by atoms with van der Waals surface area (Å²) in [5.74, 6) is 0.792. The molecule has 1 atom stereocenters. The summed E-state index contributed by atoms with van der Waals surface area (Å²) in [7, 11) is -4.07. The fourth-order valence-electron chi connectivity index (χ4n) is 2.58. The SMILES string of the molecule is Cc1nc([C@@H](NS(=O)(=O)c2ccc(C)c([N+](=O)[O-])c2)c2ccccc2)n[nH]1. The van der Waals surface area contributed by atoms with Gasteiger partial charge in [-0.2, -0.15) is 9.82 Å². The zero-order chi connectivity index (χ0) is 19.6.